The highest BCUT2D eigenvalue weighted by Crippen LogP contribution is 2.24. The average molecular weight is 342 g/mol. The summed E-state index contributed by atoms with van der Waals surface area (Å²) >= 11 is 0. The van der Waals surface area contributed by atoms with E-state index < -0.39 is 11.7 Å². The number of benzene rings is 2. The number of hydrogen-bond donors (Lipinski definition) is 0. The molecule has 0 aliphatic rings. The molecule has 0 amide bonds. The van der Waals surface area contributed by atoms with Gasteiger partial charge in [0.05, 0.1) is 0 Å². The minimum Gasteiger partial charge on any atom is -0.209 e. The van der Waals surface area contributed by atoms with E-state index >= 15 is 0 Å². The summed E-state index contributed by atoms with van der Waals surface area (Å²) in [7, 11) is 0. The second kappa shape index (κ2) is 10.1. The van der Waals surface area contributed by atoms with Crippen LogP contribution in [0.1, 0.15) is 61.8 Å². The van der Waals surface area contributed by atoms with Gasteiger partial charge in [0.2, 0.25) is 0 Å². The van der Waals surface area contributed by atoms with Gasteiger partial charge in [-0.2, -0.15) is 0 Å². The highest BCUT2D eigenvalue weighted by molar-refractivity contribution is 5.61. The van der Waals surface area contributed by atoms with Crippen LogP contribution in [0.15, 0.2) is 54.4 Å². The van der Waals surface area contributed by atoms with E-state index in [-0.39, 0.29) is 6.42 Å². The Balaban J connectivity index is 1.86. The number of halogens is 2. The van der Waals surface area contributed by atoms with E-state index in [9.17, 15) is 8.78 Å². The summed E-state index contributed by atoms with van der Waals surface area (Å²) in [6.07, 6.45) is 6.10. The molecule has 0 aliphatic heterocycles. The summed E-state index contributed by atoms with van der Waals surface area (Å²) in [5.41, 5.74) is 4.25. The first-order chi connectivity index (χ1) is 12.1. The van der Waals surface area contributed by atoms with Gasteiger partial charge in [0, 0.05) is 12.0 Å². The molecule has 0 aliphatic carbocycles. The van der Waals surface area contributed by atoms with Gasteiger partial charge in [-0.3, -0.25) is 0 Å². The van der Waals surface area contributed by atoms with Gasteiger partial charge in [0.15, 0.2) is 5.83 Å². The van der Waals surface area contributed by atoms with Crippen LogP contribution in [-0.4, -0.2) is 0 Å². The van der Waals surface area contributed by atoms with Crippen molar-refractivity contribution in [2.24, 2.45) is 0 Å². The Bertz CT molecular complexity index is 666. The van der Waals surface area contributed by atoms with Crippen molar-refractivity contribution in [3.63, 3.8) is 0 Å². The predicted molar refractivity (Wildman–Crippen MR) is 103 cm³/mol. The summed E-state index contributed by atoms with van der Waals surface area (Å²) in [6.45, 7) is 4.03. The van der Waals surface area contributed by atoms with Crippen LogP contribution < -0.4 is 0 Å². The van der Waals surface area contributed by atoms with Crippen molar-refractivity contribution >= 4 is 5.83 Å². The Morgan fingerprint density at radius 1 is 0.680 bits per heavy atom. The van der Waals surface area contributed by atoms with E-state index in [0.717, 1.165) is 31.2 Å². The third-order valence-corrected chi connectivity index (χ3v) is 4.41. The number of allylic oxidation sites excluding steroid dienone is 1. The SMILES string of the molecule is CCC/C(F)=C(/F)c1ccc(CCCc2ccc(CCC)cc2)cc1. The molecule has 0 saturated heterocycles. The maximum Gasteiger partial charge on any atom is 0.161 e. The minimum atomic E-state index is -0.722. The third-order valence-electron chi connectivity index (χ3n) is 4.41. The minimum absolute atomic E-state index is 0.157. The molecular weight excluding hydrogens is 314 g/mol. The van der Waals surface area contributed by atoms with Crippen molar-refractivity contribution < 1.29 is 8.78 Å². The Morgan fingerprint density at radius 2 is 1.16 bits per heavy atom. The van der Waals surface area contributed by atoms with Gasteiger partial charge in [-0.05, 0) is 48.8 Å². The maximum atomic E-state index is 13.9. The van der Waals surface area contributed by atoms with E-state index in [1.165, 1.54) is 17.5 Å². The standard InChI is InChI=1S/C23H28F2/c1-3-6-18-10-12-19(13-11-18)8-5-9-20-14-16-21(17-15-20)23(25)22(24)7-4-2/h10-17H,3-9H2,1-2H3/b23-22-. The van der Waals surface area contributed by atoms with E-state index in [4.69, 9.17) is 0 Å². The van der Waals surface area contributed by atoms with Crippen LogP contribution in [0.25, 0.3) is 5.83 Å². The topological polar surface area (TPSA) is 0 Å². The average Bonchev–Trinajstić information content (AvgIpc) is 2.63. The van der Waals surface area contributed by atoms with Crippen LogP contribution >= 0.6 is 0 Å². The normalized spacial score (nSPS) is 12.2. The molecule has 0 fully saturated rings. The molecule has 0 radical (unpaired) electrons. The predicted octanol–water partition coefficient (Wildman–Crippen LogP) is 7.22. The first-order valence-electron chi connectivity index (χ1n) is 9.35. The fourth-order valence-electron chi connectivity index (χ4n) is 2.96. The maximum absolute atomic E-state index is 13.9. The lowest BCUT2D eigenvalue weighted by Crippen LogP contribution is -1.92. The van der Waals surface area contributed by atoms with Gasteiger partial charge in [0.1, 0.15) is 5.83 Å². The molecule has 0 bridgehead atoms. The number of hydrogen-bond acceptors (Lipinski definition) is 0. The van der Waals surface area contributed by atoms with Crippen molar-refractivity contribution in [3.8, 4) is 0 Å². The van der Waals surface area contributed by atoms with Crippen LogP contribution in [-0.2, 0) is 19.3 Å². The first kappa shape index (κ1) is 19.4. The molecule has 2 heteroatoms. The Labute approximate surface area is 150 Å². The van der Waals surface area contributed by atoms with Gasteiger partial charge in [-0.15, -0.1) is 0 Å². The molecule has 0 spiro atoms. The number of aryl methyl sites for hydroxylation is 3. The summed E-state index contributed by atoms with van der Waals surface area (Å²) in [4.78, 5) is 0. The van der Waals surface area contributed by atoms with E-state index in [1.807, 2.05) is 19.1 Å². The zero-order valence-electron chi connectivity index (χ0n) is 15.3. The van der Waals surface area contributed by atoms with Crippen LogP contribution in [0.5, 0.6) is 0 Å². The van der Waals surface area contributed by atoms with Crippen molar-refractivity contribution in [1.82, 2.24) is 0 Å². The monoisotopic (exact) mass is 342 g/mol. The van der Waals surface area contributed by atoms with Crippen molar-refractivity contribution in [2.45, 2.75) is 58.8 Å². The lowest BCUT2D eigenvalue weighted by atomic mass is 10.0. The number of rotatable bonds is 9. The molecule has 0 aromatic heterocycles. The molecule has 0 nitrogen and oxygen atoms in total. The fraction of sp³-hybridized carbons (Fsp3) is 0.391. The molecule has 0 saturated carbocycles. The van der Waals surface area contributed by atoms with Crippen LogP contribution in [0.3, 0.4) is 0 Å². The van der Waals surface area contributed by atoms with E-state index in [1.54, 1.807) is 12.1 Å². The second-order valence-corrected chi connectivity index (χ2v) is 6.59. The third kappa shape index (κ3) is 6.12. The molecular formula is C23H28F2. The zero-order chi connectivity index (χ0) is 18.1. The molecule has 0 heterocycles. The van der Waals surface area contributed by atoms with Crippen molar-refractivity contribution in [2.75, 3.05) is 0 Å². The highest BCUT2D eigenvalue weighted by Gasteiger charge is 2.08. The zero-order valence-corrected chi connectivity index (χ0v) is 15.3. The quantitative estimate of drug-likeness (QED) is 0.451. The molecule has 0 atom stereocenters. The summed E-state index contributed by atoms with van der Waals surface area (Å²) < 4.78 is 27.5. The van der Waals surface area contributed by atoms with Crippen LogP contribution in [0.2, 0.25) is 0 Å². The largest absolute Gasteiger partial charge is 0.209 e. The summed E-state index contributed by atoms with van der Waals surface area (Å²) in [6, 6.07) is 16.0. The molecule has 2 aromatic carbocycles. The summed E-state index contributed by atoms with van der Waals surface area (Å²) in [5, 5.41) is 0. The van der Waals surface area contributed by atoms with Crippen molar-refractivity contribution in [3.05, 3.63) is 76.6 Å². The molecule has 25 heavy (non-hydrogen) atoms. The Morgan fingerprint density at radius 3 is 1.64 bits per heavy atom. The van der Waals surface area contributed by atoms with Crippen molar-refractivity contribution in [1.29, 1.82) is 0 Å². The van der Waals surface area contributed by atoms with Gasteiger partial charge in [0.25, 0.3) is 0 Å². The molecule has 2 rings (SSSR count). The van der Waals surface area contributed by atoms with Gasteiger partial charge in [-0.25, -0.2) is 8.78 Å². The molecule has 134 valence electrons. The molecule has 0 unspecified atom stereocenters. The smallest absolute Gasteiger partial charge is 0.161 e. The highest BCUT2D eigenvalue weighted by atomic mass is 19.2. The fourth-order valence-corrected chi connectivity index (χ4v) is 2.96. The lowest BCUT2D eigenvalue weighted by Gasteiger charge is -2.06. The lowest BCUT2D eigenvalue weighted by molar-refractivity contribution is 0.559. The molecule has 2 aromatic rings. The van der Waals surface area contributed by atoms with Crippen LogP contribution in [0, 0.1) is 0 Å². The molecule has 0 N–H and O–H groups in total. The Kier molecular flexibility index (Phi) is 7.84. The van der Waals surface area contributed by atoms with Gasteiger partial charge in [-0.1, -0.05) is 68.8 Å². The second-order valence-electron chi connectivity index (χ2n) is 6.59. The van der Waals surface area contributed by atoms with Gasteiger partial charge >= 0.3 is 0 Å². The van der Waals surface area contributed by atoms with E-state index in [2.05, 4.69) is 31.2 Å². The first-order valence-corrected chi connectivity index (χ1v) is 9.35. The Hall–Kier alpha value is -1.96. The van der Waals surface area contributed by atoms with Crippen LogP contribution in [0.4, 0.5) is 8.78 Å². The van der Waals surface area contributed by atoms with E-state index in [0.29, 0.717) is 12.0 Å². The van der Waals surface area contributed by atoms with Gasteiger partial charge < -0.3 is 0 Å². The summed E-state index contributed by atoms with van der Waals surface area (Å²) in [5.74, 6) is -1.37.